The van der Waals surface area contributed by atoms with Crippen LogP contribution in [0.3, 0.4) is 0 Å². The van der Waals surface area contributed by atoms with Gasteiger partial charge in [-0.3, -0.25) is 4.79 Å². The van der Waals surface area contributed by atoms with Crippen LogP contribution in [0, 0.1) is 22.2 Å². The Labute approximate surface area is 171 Å². The Hall–Kier alpha value is -2.00. The van der Waals surface area contributed by atoms with E-state index in [0.717, 1.165) is 35.6 Å². The molecule has 0 N–H and O–H groups in total. The summed E-state index contributed by atoms with van der Waals surface area (Å²) in [5.74, 6) is 0.624. The molecule has 1 aromatic carbocycles. The van der Waals surface area contributed by atoms with Gasteiger partial charge in [-0.1, -0.05) is 44.7 Å². The summed E-state index contributed by atoms with van der Waals surface area (Å²) < 4.78 is 2.07. The molecule has 6 heteroatoms. The summed E-state index contributed by atoms with van der Waals surface area (Å²) in [6.07, 6.45) is 3.86. The Bertz CT molecular complexity index is 944. The molecular formula is C22H28N4OS. The average molecular weight is 397 g/mol. The SMILES string of the molecule is CC1(C)C[C@H]2C[C@](C)(CN2C(=O)CSc2nc3ccccc3n2CCC#N)C1. The van der Waals surface area contributed by atoms with E-state index in [1.54, 1.807) is 0 Å². The second kappa shape index (κ2) is 7.11. The number of hydrogen-bond donors (Lipinski definition) is 0. The summed E-state index contributed by atoms with van der Waals surface area (Å²) in [6.45, 7) is 8.48. The number of thioether (sulfide) groups is 1. The maximum absolute atomic E-state index is 13.1. The molecule has 2 aliphatic rings. The van der Waals surface area contributed by atoms with Crippen molar-refractivity contribution in [2.75, 3.05) is 12.3 Å². The number of hydrogen-bond acceptors (Lipinski definition) is 4. The number of likely N-dealkylation sites (tertiary alicyclic amines) is 1. The lowest BCUT2D eigenvalue weighted by Gasteiger charge is -2.39. The van der Waals surface area contributed by atoms with Crippen molar-refractivity contribution < 1.29 is 4.79 Å². The first-order chi connectivity index (χ1) is 13.3. The third kappa shape index (κ3) is 3.65. The summed E-state index contributed by atoms with van der Waals surface area (Å²) in [5.41, 5.74) is 2.51. The van der Waals surface area contributed by atoms with Crippen molar-refractivity contribution in [1.29, 1.82) is 5.26 Å². The predicted molar refractivity (Wildman–Crippen MR) is 112 cm³/mol. The van der Waals surface area contributed by atoms with Crippen LogP contribution in [0.1, 0.15) is 46.5 Å². The molecule has 2 fully saturated rings. The number of amides is 1. The third-order valence-corrected chi connectivity index (χ3v) is 7.09. The van der Waals surface area contributed by atoms with E-state index in [1.165, 1.54) is 18.2 Å². The lowest BCUT2D eigenvalue weighted by Crippen LogP contribution is -2.38. The number of carbonyl (C=O) groups excluding carboxylic acids is 1. The van der Waals surface area contributed by atoms with Crippen LogP contribution in [0.2, 0.25) is 0 Å². The van der Waals surface area contributed by atoms with Gasteiger partial charge in [0.05, 0.1) is 29.3 Å². The lowest BCUT2D eigenvalue weighted by molar-refractivity contribution is -0.129. The fourth-order valence-corrected chi connectivity index (χ4v) is 6.43. The number of nitrogens with zero attached hydrogens (tertiary/aromatic N) is 4. The number of nitriles is 1. The molecule has 2 atom stereocenters. The van der Waals surface area contributed by atoms with Gasteiger partial charge in [-0.2, -0.15) is 5.26 Å². The highest BCUT2D eigenvalue weighted by molar-refractivity contribution is 7.99. The Morgan fingerprint density at radius 1 is 1.32 bits per heavy atom. The Morgan fingerprint density at radius 2 is 2.11 bits per heavy atom. The van der Waals surface area contributed by atoms with Crippen LogP contribution in [-0.4, -0.2) is 38.7 Å². The highest BCUT2D eigenvalue weighted by Crippen LogP contribution is 2.52. The van der Waals surface area contributed by atoms with Crippen LogP contribution in [0.5, 0.6) is 0 Å². The molecule has 1 aliphatic heterocycles. The van der Waals surface area contributed by atoms with Crippen molar-refractivity contribution in [1.82, 2.24) is 14.5 Å². The number of rotatable bonds is 5. The molecule has 2 bridgehead atoms. The molecule has 1 aromatic heterocycles. The molecular weight excluding hydrogens is 368 g/mol. The molecule has 1 saturated heterocycles. The van der Waals surface area contributed by atoms with E-state index in [4.69, 9.17) is 10.2 Å². The van der Waals surface area contributed by atoms with Gasteiger partial charge in [-0.15, -0.1) is 0 Å². The molecule has 2 heterocycles. The van der Waals surface area contributed by atoms with Crippen LogP contribution in [0.25, 0.3) is 11.0 Å². The molecule has 1 saturated carbocycles. The number of imidazole rings is 1. The van der Waals surface area contributed by atoms with E-state index in [-0.39, 0.29) is 11.3 Å². The zero-order valence-corrected chi connectivity index (χ0v) is 17.8. The normalized spacial score (nSPS) is 25.8. The number of benzene rings is 1. The van der Waals surface area contributed by atoms with Gasteiger partial charge in [-0.25, -0.2) is 4.98 Å². The minimum absolute atomic E-state index is 0.218. The average Bonchev–Trinajstić information content (AvgIpc) is 3.10. The number of carbonyl (C=O) groups is 1. The molecule has 0 unspecified atom stereocenters. The molecule has 148 valence electrons. The van der Waals surface area contributed by atoms with Gasteiger partial charge in [0.2, 0.25) is 5.91 Å². The second-order valence-electron chi connectivity index (χ2n) is 9.47. The van der Waals surface area contributed by atoms with Crippen LogP contribution >= 0.6 is 11.8 Å². The van der Waals surface area contributed by atoms with Gasteiger partial charge in [0.25, 0.3) is 0 Å². The van der Waals surface area contributed by atoms with Gasteiger partial charge in [0.15, 0.2) is 5.16 Å². The van der Waals surface area contributed by atoms with Crippen molar-refractivity contribution in [3.05, 3.63) is 24.3 Å². The van der Waals surface area contributed by atoms with E-state index in [9.17, 15) is 4.79 Å². The van der Waals surface area contributed by atoms with Crippen LogP contribution < -0.4 is 0 Å². The smallest absolute Gasteiger partial charge is 0.233 e. The summed E-state index contributed by atoms with van der Waals surface area (Å²) in [4.78, 5) is 19.9. The predicted octanol–water partition coefficient (Wildman–Crippen LogP) is 4.47. The van der Waals surface area contributed by atoms with E-state index < -0.39 is 0 Å². The second-order valence-corrected chi connectivity index (χ2v) is 10.4. The molecule has 2 aromatic rings. The topological polar surface area (TPSA) is 61.9 Å². The lowest BCUT2D eigenvalue weighted by atomic mass is 9.65. The van der Waals surface area contributed by atoms with Crippen molar-refractivity contribution in [3.8, 4) is 6.07 Å². The van der Waals surface area contributed by atoms with Crippen LogP contribution in [0.4, 0.5) is 0 Å². The molecule has 28 heavy (non-hydrogen) atoms. The highest BCUT2D eigenvalue weighted by atomic mass is 32.2. The van der Waals surface area contributed by atoms with Gasteiger partial charge in [0, 0.05) is 19.1 Å². The van der Waals surface area contributed by atoms with Crippen molar-refractivity contribution >= 4 is 28.7 Å². The first kappa shape index (κ1) is 19.3. The zero-order valence-electron chi connectivity index (χ0n) is 16.9. The fraction of sp³-hybridized carbons (Fsp3) is 0.591. The Kier molecular flexibility index (Phi) is 4.91. The highest BCUT2D eigenvalue weighted by Gasteiger charge is 2.50. The monoisotopic (exact) mass is 396 g/mol. The maximum Gasteiger partial charge on any atom is 0.233 e. The first-order valence-corrected chi connectivity index (χ1v) is 11.0. The van der Waals surface area contributed by atoms with Crippen molar-refractivity contribution in [2.45, 2.75) is 64.2 Å². The summed E-state index contributed by atoms with van der Waals surface area (Å²) in [6, 6.07) is 10.5. The summed E-state index contributed by atoms with van der Waals surface area (Å²) >= 11 is 1.50. The van der Waals surface area contributed by atoms with Gasteiger partial charge in [0.1, 0.15) is 0 Å². The zero-order chi connectivity index (χ0) is 19.9. The van der Waals surface area contributed by atoms with Crippen molar-refractivity contribution in [3.63, 3.8) is 0 Å². The molecule has 0 spiro atoms. The molecule has 4 rings (SSSR count). The summed E-state index contributed by atoms with van der Waals surface area (Å²) in [5, 5.41) is 9.82. The van der Waals surface area contributed by atoms with E-state index in [2.05, 4.69) is 36.3 Å². The third-order valence-electron chi connectivity index (χ3n) is 6.13. The Balaban J connectivity index is 1.49. The number of fused-ring (bicyclic) bond motifs is 3. The fourth-order valence-electron chi connectivity index (χ4n) is 5.50. The summed E-state index contributed by atoms with van der Waals surface area (Å²) in [7, 11) is 0. The molecule has 5 nitrogen and oxygen atoms in total. The largest absolute Gasteiger partial charge is 0.338 e. The first-order valence-electron chi connectivity index (χ1n) is 10.0. The molecule has 1 aliphatic carbocycles. The maximum atomic E-state index is 13.1. The molecule has 0 radical (unpaired) electrons. The van der Waals surface area contributed by atoms with Crippen LogP contribution in [0.15, 0.2) is 29.4 Å². The number of para-hydroxylation sites is 2. The minimum atomic E-state index is 0.218. The van der Waals surface area contributed by atoms with E-state index in [1.807, 2.05) is 24.3 Å². The van der Waals surface area contributed by atoms with E-state index >= 15 is 0 Å². The van der Waals surface area contributed by atoms with Crippen molar-refractivity contribution in [2.24, 2.45) is 10.8 Å². The van der Waals surface area contributed by atoms with E-state index in [0.29, 0.717) is 30.2 Å². The van der Waals surface area contributed by atoms with Gasteiger partial charge >= 0.3 is 0 Å². The van der Waals surface area contributed by atoms with Gasteiger partial charge in [-0.05, 0) is 42.2 Å². The number of aromatic nitrogens is 2. The molecule has 1 amide bonds. The quantitative estimate of drug-likeness (QED) is 0.700. The minimum Gasteiger partial charge on any atom is -0.338 e. The Morgan fingerprint density at radius 3 is 2.89 bits per heavy atom. The standard InChI is InChI=1S/C22H28N4OS/c1-21(2)11-16-12-22(3,14-21)15-26(16)19(27)13-28-20-24-17-7-4-5-8-18(17)25(20)10-6-9-23/h4-5,7-8,16H,6,10-15H2,1-3H3/t16-,22-/m0/s1. The van der Waals surface area contributed by atoms with Gasteiger partial charge < -0.3 is 9.47 Å². The van der Waals surface area contributed by atoms with Crippen LogP contribution in [-0.2, 0) is 11.3 Å². The number of aryl methyl sites for hydroxylation is 1.